The molecule has 0 bridgehead atoms. The highest BCUT2D eigenvalue weighted by Crippen LogP contribution is 1.96. The Bertz CT molecular complexity index is 649. The molecule has 3 heterocycles. The molecular weight excluding hydrogens is 198 g/mol. The number of aromatic nitrogens is 7. The van der Waals surface area contributed by atoms with E-state index in [1.807, 2.05) is 0 Å². The lowest BCUT2D eigenvalue weighted by Crippen LogP contribution is -2.21. The van der Waals surface area contributed by atoms with Gasteiger partial charge in [-0.1, -0.05) is 0 Å². The third-order valence-corrected chi connectivity index (χ3v) is 1.96. The van der Waals surface area contributed by atoms with Gasteiger partial charge in [0.2, 0.25) is 0 Å². The van der Waals surface area contributed by atoms with E-state index >= 15 is 0 Å². The van der Waals surface area contributed by atoms with Crippen molar-refractivity contribution in [3.8, 4) is 5.69 Å². The molecule has 0 fully saturated rings. The van der Waals surface area contributed by atoms with Crippen LogP contribution in [0, 0.1) is 0 Å². The van der Waals surface area contributed by atoms with Gasteiger partial charge in [-0.3, -0.25) is 9.89 Å². The van der Waals surface area contributed by atoms with Crippen molar-refractivity contribution >= 4 is 5.78 Å². The largest absolute Gasteiger partial charge is 0.299 e. The van der Waals surface area contributed by atoms with Gasteiger partial charge in [0.05, 0.1) is 6.20 Å². The van der Waals surface area contributed by atoms with Crippen molar-refractivity contribution < 1.29 is 0 Å². The van der Waals surface area contributed by atoms with Crippen LogP contribution < -0.4 is 5.56 Å². The molecule has 15 heavy (non-hydrogen) atoms. The molecule has 0 radical (unpaired) electrons. The second-order valence-electron chi connectivity index (χ2n) is 2.81. The van der Waals surface area contributed by atoms with Crippen molar-refractivity contribution in [2.24, 2.45) is 0 Å². The first-order chi connectivity index (χ1) is 7.36. The number of rotatable bonds is 1. The molecule has 0 aromatic carbocycles. The van der Waals surface area contributed by atoms with E-state index in [1.165, 1.54) is 34.4 Å². The second-order valence-corrected chi connectivity index (χ2v) is 2.81. The molecule has 0 spiro atoms. The Morgan fingerprint density at radius 2 is 2.27 bits per heavy atom. The molecule has 0 saturated carbocycles. The van der Waals surface area contributed by atoms with Gasteiger partial charge in [-0.2, -0.15) is 9.61 Å². The molecule has 0 aliphatic heterocycles. The fourth-order valence-corrected chi connectivity index (χ4v) is 1.28. The molecule has 0 aliphatic rings. The lowest BCUT2D eigenvalue weighted by molar-refractivity contribution is 0.813. The smallest absolute Gasteiger partial charge is 0.278 e. The van der Waals surface area contributed by atoms with Crippen LogP contribution in [0.1, 0.15) is 0 Å². The van der Waals surface area contributed by atoms with Crippen LogP contribution in [0.15, 0.2) is 30.0 Å². The molecule has 3 rings (SSSR count). The third kappa shape index (κ3) is 1.04. The first-order valence-corrected chi connectivity index (χ1v) is 4.12. The molecule has 8 heteroatoms. The zero-order chi connectivity index (χ0) is 10.3. The maximum Gasteiger partial charge on any atom is 0.299 e. The van der Waals surface area contributed by atoms with E-state index in [4.69, 9.17) is 0 Å². The van der Waals surface area contributed by atoms with Crippen molar-refractivity contribution in [1.29, 1.82) is 0 Å². The lowest BCUT2D eigenvalue weighted by atomic mass is 10.5. The van der Waals surface area contributed by atoms with Gasteiger partial charge in [0.15, 0.2) is 5.69 Å². The Labute approximate surface area is 82.2 Å². The Kier molecular flexibility index (Phi) is 1.43. The summed E-state index contributed by atoms with van der Waals surface area (Å²) in [5.41, 5.74) is 0.0391. The number of nitrogens with zero attached hydrogens (tertiary/aromatic N) is 6. The van der Waals surface area contributed by atoms with Crippen LogP contribution in [-0.4, -0.2) is 34.3 Å². The molecular formula is C7H5N7O. The van der Waals surface area contributed by atoms with Crippen molar-refractivity contribution in [3.05, 3.63) is 35.5 Å². The minimum absolute atomic E-state index is 0.275. The molecule has 0 aliphatic carbocycles. The van der Waals surface area contributed by atoms with Crippen molar-refractivity contribution in [1.82, 2.24) is 34.3 Å². The van der Waals surface area contributed by atoms with Crippen molar-refractivity contribution in [3.63, 3.8) is 0 Å². The third-order valence-electron chi connectivity index (χ3n) is 1.96. The number of H-pyrrole nitrogens is 1. The fraction of sp³-hybridized carbons (Fsp3) is 0. The average Bonchev–Trinajstić information content (AvgIpc) is 2.87. The van der Waals surface area contributed by atoms with Gasteiger partial charge in [-0.05, 0) is 0 Å². The van der Waals surface area contributed by atoms with Crippen LogP contribution >= 0.6 is 0 Å². The summed E-state index contributed by atoms with van der Waals surface area (Å²) in [4.78, 5) is 23.5. The van der Waals surface area contributed by atoms with E-state index in [-0.39, 0.29) is 5.56 Å². The molecule has 0 amide bonds. The SMILES string of the molecule is O=c1c(-n2cncn2)cnc2nc[nH]n12. The summed E-state index contributed by atoms with van der Waals surface area (Å²) in [5.74, 6) is 0.323. The summed E-state index contributed by atoms with van der Waals surface area (Å²) in [6.07, 6.45) is 5.59. The lowest BCUT2D eigenvalue weighted by Gasteiger charge is -1.97. The van der Waals surface area contributed by atoms with Gasteiger partial charge in [-0.15, -0.1) is 0 Å². The number of hydrogen-bond donors (Lipinski definition) is 1. The monoisotopic (exact) mass is 203 g/mol. The summed E-state index contributed by atoms with van der Waals surface area (Å²) in [6, 6.07) is 0. The topological polar surface area (TPSA) is 93.8 Å². The zero-order valence-electron chi connectivity index (χ0n) is 7.40. The number of fused-ring (bicyclic) bond motifs is 1. The van der Waals surface area contributed by atoms with Crippen LogP contribution in [-0.2, 0) is 0 Å². The Morgan fingerprint density at radius 3 is 3.07 bits per heavy atom. The van der Waals surface area contributed by atoms with Crippen LogP contribution in [0.4, 0.5) is 0 Å². The maximum absolute atomic E-state index is 11.9. The molecule has 74 valence electrons. The molecule has 0 saturated heterocycles. The average molecular weight is 203 g/mol. The number of hydrogen-bond acceptors (Lipinski definition) is 5. The number of nitrogens with one attached hydrogen (secondary N) is 1. The predicted octanol–water partition coefficient (Wildman–Crippen LogP) is -1.00. The van der Waals surface area contributed by atoms with E-state index in [0.717, 1.165) is 0 Å². The van der Waals surface area contributed by atoms with E-state index in [0.29, 0.717) is 11.5 Å². The Balaban J connectivity index is 2.38. The summed E-state index contributed by atoms with van der Waals surface area (Å²) >= 11 is 0. The Morgan fingerprint density at radius 1 is 1.33 bits per heavy atom. The van der Waals surface area contributed by atoms with Gasteiger partial charge >= 0.3 is 0 Å². The van der Waals surface area contributed by atoms with Crippen LogP contribution in [0.5, 0.6) is 0 Å². The van der Waals surface area contributed by atoms with Gasteiger partial charge in [0.1, 0.15) is 19.0 Å². The quantitative estimate of drug-likeness (QED) is 0.547. The highest BCUT2D eigenvalue weighted by molar-refractivity contribution is 5.32. The second kappa shape index (κ2) is 2.74. The number of aromatic amines is 1. The van der Waals surface area contributed by atoms with E-state index in [9.17, 15) is 4.79 Å². The summed E-state index contributed by atoms with van der Waals surface area (Å²) in [5, 5.41) is 6.52. The highest BCUT2D eigenvalue weighted by atomic mass is 16.1. The molecule has 3 aromatic rings. The van der Waals surface area contributed by atoms with E-state index < -0.39 is 0 Å². The van der Waals surface area contributed by atoms with Crippen LogP contribution in [0.2, 0.25) is 0 Å². The standard InChI is InChI=1S/C7H5N7O/c15-6-5(13-4-8-2-11-13)1-9-7-10-3-12-14(6)7/h1-4H,(H,9,10,12). The van der Waals surface area contributed by atoms with E-state index in [1.54, 1.807) is 0 Å². The van der Waals surface area contributed by atoms with Crippen LogP contribution in [0.25, 0.3) is 11.5 Å². The molecule has 0 unspecified atom stereocenters. The van der Waals surface area contributed by atoms with Gasteiger partial charge in [0.25, 0.3) is 11.3 Å². The Hall–Kier alpha value is -2.51. The molecule has 8 nitrogen and oxygen atoms in total. The predicted molar refractivity (Wildman–Crippen MR) is 48.5 cm³/mol. The van der Waals surface area contributed by atoms with Gasteiger partial charge in [0, 0.05) is 0 Å². The molecule has 1 N–H and O–H groups in total. The first-order valence-electron chi connectivity index (χ1n) is 4.12. The summed E-state index contributed by atoms with van der Waals surface area (Å²) < 4.78 is 2.58. The summed E-state index contributed by atoms with van der Waals surface area (Å²) in [6.45, 7) is 0. The van der Waals surface area contributed by atoms with Crippen molar-refractivity contribution in [2.45, 2.75) is 0 Å². The molecule has 0 atom stereocenters. The normalized spacial score (nSPS) is 10.9. The van der Waals surface area contributed by atoms with E-state index in [2.05, 4.69) is 25.1 Å². The van der Waals surface area contributed by atoms with Gasteiger partial charge in [-0.25, -0.2) is 19.6 Å². The van der Waals surface area contributed by atoms with Crippen LogP contribution in [0.3, 0.4) is 0 Å². The van der Waals surface area contributed by atoms with Gasteiger partial charge < -0.3 is 0 Å². The first kappa shape index (κ1) is 7.85. The highest BCUT2D eigenvalue weighted by Gasteiger charge is 2.07. The minimum atomic E-state index is -0.275. The van der Waals surface area contributed by atoms with Crippen molar-refractivity contribution in [2.75, 3.05) is 0 Å². The minimum Gasteiger partial charge on any atom is -0.278 e. The summed E-state index contributed by atoms with van der Waals surface area (Å²) in [7, 11) is 0. The zero-order valence-corrected chi connectivity index (χ0v) is 7.40. The fourth-order valence-electron chi connectivity index (χ4n) is 1.28. The molecule has 3 aromatic heterocycles. The maximum atomic E-state index is 11.9.